The summed E-state index contributed by atoms with van der Waals surface area (Å²) >= 11 is 3.34. The lowest BCUT2D eigenvalue weighted by atomic mass is 10.2. The summed E-state index contributed by atoms with van der Waals surface area (Å²) in [5.41, 5.74) is 1.04. The van der Waals surface area contributed by atoms with Gasteiger partial charge >= 0.3 is 0 Å². The number of rotatable bonds is 2. The van der Waals surface area contributed by atoms with Crippen LogP contribution in [0.4, 0.5) is 8.78 Å². The van der Waals surface area contributed by atoms with Gasteiger partial charge in [-0.15, -0.1) is 0 Å². The molecule has 0 aromatic heterocycles. The fourth-order valence-corrected chi connectivity index (χ4v) is 1.68. The summed E-state index contributed by atoms with van der Waals surface area (Å²) in [5.74, 6) is -1.58. The molecule has 0 fully saturated rings. The van der Waals surface area contributed by atoms with Crippen molar-refractivity contribution in [2.24, 2.45) is 0 Å². The summed E-state index contributed by atoms with van der Waals surface area (Å²) in [6.07, 6.45) is 0. The van der Waals surface area contributed by atoms with Gasteiger partial charge in [-0.2, -0.15) is 4.39 Å². The van der Waals surface area contributed by atoms with Crippen LogP contribution in [0, 0.1) is 18.6 Å². The number of ether oxygens (including phenoxy) is 1. The minimum absolute atomic E-state index is 0.124. The molecule has 0 N–H and O–H groups in total. The lowest BCUT2D eigenvalue weighted by Gasteiger charge is -2.08. The second kappa shape index (κ2) is 4.84. The molecule has 0 amide bonds. The quantitative estimate of drug-likeness (QED) is 0.772. The second-order valence-corrected chi connectivity index (χ2v) is 4.42. The number of halogens is 3. The zero-order chi connectivity index (χ0) is 12.4. The summed E-state index contributed by atoms with van der Waals surface area (Å²) in [5, 5.41) is 0. The van der Waals surface area contributed by atoms with Crippen molar-refractivity contribution in [3.63, 3.8) is 0 Å². The van der Waals surface area contributed by atoms with Gasteiger partial charge in [-0.3, -0.25) is 0 Å². The smallest absolute Gasteiger partial charge is 0.201 e. The molecule has 4 heteroatoms. The van der Waals surface area contributed by atoms with Crippen LogP contribution < -0.4 is 4.74 Å². The summed E-state index contributed by atoms with van der Waals surface area (Å²) in [6.45, 7) is 1.93. The van der Waals surface area contributed by atoms with Gasteiger partial charge in [0.15, 0.2) is 11.6 Å². The molecule has 2 aromatic rings. The summed E-state index contributed by atoms with van der Waals surface area (Å²) in [7, 11) is 0. The van der Waals surface area contributed by atoms with Crippen molar-refractivity contribution in [3.05, 3.63) is 58.1 Å². The predicted molar refractivity (Wildman–Crippen MR) is 65.3 cm³/mol. The van der Waals surface area contributed by atoms with Crippen LogP contribution in [0.5, 0.6) is 11.5 Å². The molecule has 0 heterocycles. The molecule has 88 valence electrons. The first-order valence-electron chi connectivity index (χ1n) is 4.96. The van der Waals surface area contributed by atoms with E-state index in [1.54, 1.807) is 12.1 Å². The molecule has 1 nitrogen and oxygen atoms in total. The first kappa shape index (κ1) is 12.0. The molecule has 0 aliphatic carbocycles. The molecule has 0 spiro atoms. The van der Waals surface area contributed by atoms with Crippen LogP contribution in [0.1, 0.15) is 5.56 Å². The fourth-order valence-electron chi connectivity index (χ4n) is 1.33. The van der Waals surface area contributed by atoms with Gasteiger partial charge in [0.2, 0.25) is 5.82 Å². The molecule has 0 bridgehead atoms. The van der Waals surface area contributed by atoms with E-state index in [-0.39, 0.29) is 5.75 Å². The Morgan fingerprint density at radius 3 is 2.59 bits per heavy atom. The maximum absolute atomic E-state index is 13.4. The monoisotopic (exact) mass is 298 g/mol. The average molecular weight is 299 g/mol. The third-order valence-corrected chi connectivity index (χ3v) is 3.14. The van der Waals surface area contributed by atoms with Gasteiger partial charge in [0.05, 0.1) is 0 Å². The van der Waals surface area contributed by atoms with E-state index >= 15 is 0 Å². The van der Waals surface area contributed by atoms with Crippen LogP contribution in [0.2, 0.25) is 0 Å². The summed E-state index contributed by atoms with van der Waals surface area (Å²) < 4.78 is 32.5. The van der Waals surface area contributed by atoms with Crippen LogP contribution in [0.3, 0.4) is 0 Å². The normalized spacial score (nSPS) is 10.4. The van der Waals surface area contributed by atoms with Crippen molar-refractivity contribution in [3.8, 4) is 11.5 Å². The minimum atomic E-state index is -0.982. The van der Waals surface area contributed by atoms with Crippen molar-refractivity contribution in [1.29, 1.82) is 0 Å². The lowest BCUT2D eigenvalue weighted by molar-refractivity contribution is 0.416. The van der Waals surface area contributed by atoms with Crippen molar-refractivity contribution < 1.29 is 13.5 Å². The summed E-state index contributed by atoms with van der Waals surface area (Å²) in [4.78, 5) is 0. The van der Waals surface area contributed by atoms with Crippen molar-refractivity contribution in [2.45, 2.75) is 6.92 Å². The fraction of sp³-hybridized carbons (Fsp3) is 0.0769. The lowest BCUT2D eigenvalue weighted by Crippen LogP contribution is -1.91. The molecular formula is C13H9BrF2O. The molecule has 0 radical (unpaired) electrons. The molecule has 2 aromatic carbocycles. The highest BCUT2D eigenvalue weighted by Crippen LogP contribution is 2.28. The zero-order valence-electron chi connectivity index (χ0n) is 9.01. The Balaban J connectivity index is 2.31. The van der Waals surface area contributed by atoms with Crippen molar-refractivity contribution in [1.82, 2.24) is 0 Å². The minimum Gasteiger partial charge on any atom is -0.454 e. The Labute approximate surface area is 106 Å². The van der Waals surface area contributed by atoms with E-state index in [4.69, 9.17) is 4.74 Å². The van der Waals surface area contributed by atoms with Crippen LogP contribution in [-0.2, 0) is 0 Å². The molecule has 0 saturated carbocycles. The van der Waals surface area contributed by atoms with Gasteiger partial charge in [0, 0.05) is 4.47 Å². The van der Waals surface area contributed by atoms with Crippen LogP contribution in [-0.4, -0.2) is 0 Å². The zero-order valence-corrected chi connectivity index (χ0v) is 10.6. The topological polar surface area (TPSA) is 9.23 Å². The first-order chi connectivity index (χ1) is 8.08. The highest BCUT2D eigenvalue weighted by molar-refractivity contribution is 9.10. The van der Waals surface area contributed by atoms with Crippen molar-refractivity contribution >= 4 is 15.9 Å². The largest absolute Gasteiger partial charge is 0.454 e. The Morgan fingerprint density at radius 2 is 1.88 bits per heavy atom. The first-order valence-corrected chi connectivity index (χ1v) is 5.75. The van der Waals surface area contributed by atoms with E-state index in [9.17, 15) is 8.78 Å². The molecule has 0 aliphatic rings. The number of hydrogen-bond acceptors (Lipinski definition) is 1. The second-order valence-electron chi connectivity index (χ2n) is 3.57. The highest BCUT2D eigenvalue weighted by Gasteiger charge is 2.09. The average Bonchev–Trinajstić information content (AvgIpc) is 2.30. The van der Waals surface area contributed by atoms with Gasteiger partial charge < -0.3 is 4.74 Å². The Bertz CT molecular complexity index is 555. The van der Waals surface area contributed by atoms with Gasteiger partial charge in [0.25, 0.3) is 0 Å². The van der Waals surface area contributed by atoms with E-state index in [2.05, 4.69) is 15.9 Å². The van der Waals surface area contributed by atoms with Crippen molar-refractivity contribution in [2.75, 3.05) is 0 Å². The van der Waals surface area contributed by atoms with Crippen LogP contribution in [0.25, 0.3) is 0 Å². The Hall–Kier alpha value is -1.42. The van der Waals surface area contributed by atoms with Gasteiger partial charge in [-0.05, 0) is 36.8 Å². The molecule has 0 aliphatic heterocycles. The van der Waals surface area contributed by atoms with E-state index in [1.807, 2.05) is 13.0 Å². The van der Waals surface area contributed by atoms with E-state index in [0.717, 1.165) is 16.1 Å². The maximum Gasteiger partial charge on any atom is 0.201 e. The van der Waals surface area contributed by atoms with E-state index < -0.39 is 11.6 Å². The number of hydrogen-bond donors (Lipinski definition) is 0. The SMILES string of the molecule is Cc1ccc(Oc2cccc(F)c2F)cc1Br. The van der Waals surface area contributed by atoms with Gasteiger partial charge in [-0.1, -0.05) is 28.1 Å². The molecule has 17 heavy (non-hydrogen) atoms. The molecule has 2 rings (SSSR count). The predicted octanol–water partition coefficient (Wildman–Crippen LogP) is 4.83. The Kier molecular flexibility index (Phi) is 3.43. The Morgan fingerprint density at radius 1 is 1.12 bits per heavy atom. The number of benzene rings is 2. The molecular weight excluding hydrogens is 290 g/mol. The van der Waals surface area contributed by atoms with Gasteiger partial charge in [0.1, 0.15) is 5.75 Å². The van der Waals surface area contributed by atoms with E-state index in [1.165, 1.54) is 12.1 Å². The third kappa shape index (κ3) is 2.64. The number of aryl methyl sites for hydroxylation is 1. The molecule has 0 saturated heterocycles. The maximum atomic E-state index is 13.4. The van der Waals surface area contributed by atoms with Crippen LogP contribution in [0.15, 0.2) is 40.9 Å². The third-order valence-electron chi connectivity index (χ3n) is 2.29. The van der Waals surface area contributed by atoms with Crippen LogP contribution >= 0.6 is 15.9 Å². The summed E-state index contributed by atoms with van der Waals surface area (Å²) in [6, 6.07) is 9.07. The molecule has 0 atom stereocenters. The molecule has 0 unspecified atom stereocenters. The van der Waals surface area contributed by atoms with Gasteiger partial charge in [-0.25, -0.2) is 4.39 Å². The van der Waals surface area contributed by atoms with E-state index in [0.29, 0.717) is 5.75 Å². The standard InChI is InChI=1S/C13H9BrF2O/c1-8-5-6-9(7-10(8)14)17-12-4-2-3-11(15)13(12)16/h2-7H,1H3. The highest BCUT2D eigenvalue weighted by atomic mass is 79.9.